The Balaban J connectivity index is 1.61. The monoisotopic (exact) mass is 358 g/mol. The first-order valence-electron chi connectivity index (χ1n) is 8.07. The number of nitrogens with two attached hydrogens (primary N) is 1. The van der Waals surface area contributed by atoms with E-state index in [4.69, 9.17) is 5.73 Å². The average molecular weight is 358 g/mol. The van der Waals surface area contributed by atoms with Crippen molar-refractivity contribution in [3.63, 3.8) is 0 Å². The minimum atomic E-state index is -2.92. The maximum Gasteiger partial charge on any atom is 0.148 e. The summed E-state index contributed by atoms with van der Waals surface area (Å²) in [6.07, 6.45) is 8.80. The highest BCUT2D eigenvalue weighted by atomic mass is 32.2. The second kappa shape index (κ2) is 7.25. The highest BCUT2D eigenvalue weighted by Crippen LogP contribution is 2.27. The lowest BCUT2D eigenvalue weighted by Gasteiger charge is -2.26. The van der Waals surface area contributed by atoms with E-state index < -0.39 is 9.84 Å². The third-order valence-electron chi connectivity index (χ3n) is 4.13. The number of aromatic nitrogens is 1. The molecule has 0 radical (unpaired) electrons. The van der Waals surface area contributed by atoms with Crippen molar-refractivity contribution in [1.82, 2.24) is 10.3 Å². The zero-order valence-corrected chi connectivity index (χ0v) is 15.0. The zero-order valence-electron chi connectivity index (χ0n) is 14.1. The van der Waals surface area contributed by atoms with Crippen molar-refractivity contribution in [2.45, 2.75) is 13.1 Å². The van der Waals surface area contributed by atoms with Crippen LogP contribution in [-0.2, 0) is 22.9 Å². The highest BCUT2D eigenvalue weighted by molar-refractivity contribution is 7.90. The Labute approximate surface area is 148 Å². The predicted molar refractivity (Wildman–Crippen MR) is 102 cm³/mol. The van der Waals surface area contributed by atoms with Crippen molar-refractivity contribution in [3.05, 3.63) is 59.5 Å². The van der Waals surface area contributed by atoms with E-state index in [-0.39, 0.29) is 5.75 Å². The molecule has 3 N–H and O–H groups in total. The fraction of sp³-hybridized carbons (Fsp3) is 0.278. The van der Waals surface area contributed by atoms with Crippen LogP contribution in [0.5, 0.6) is 0 Å². The molecule has 0 saturated heterocycles. The van der Waals surface area contributed by atoms with Crippen molar-refractivity contribution in [2.24, 2.45) is 0 Å². The molecular formula is C18H22N4O2S. The van der Waals surface area contributed by atoms with Crippen molar-refractivity contribution >= 4 is 27.3 Å². The van der Waals surface area contributed by atoms with Crippen LogP contribution in [0.4, 0.5) is 11.4 Å². The van der Waals surface area contributed by atoms with Crippen molar-refractivity contribution < 1.29 is 8.42 Å². The van der Waals surface area contributed by atoms with Crippen LogP contribution in [0, 0.1) is 0 Å². The SMILES string of the molecule is CS(=O)(=O)CCNCc1ccc(N2C=Cc3cncc(N)c3C2)cc1. The fourth-order valence-corrected chi connectivity index (χ4v) is 3.23. The largest absolute Gasteiger partial charge is 0.397 e. The normalized spacial score (nSPS) is 13.7. The van der Waals surface area contributed by atoms with Crippen LogP contribution in [0.2, 0.25) is 0 Å². The predicted octanol–water partition coefficient (Wildman–Crippen LogP) is 1.79. The molecule has 1 aliphatic rings. The Morgan fingerprint density at radius 3 is 2.72 bits per heavy atom. The lowest BCUT2D eigenvalue weighted by Crippen LogP contribution is -2.22. The Morgan fingerprint density at radius 2 is 2.00 bits per heavy atom. The number of nitrogen functional groups attached to an aromatic ring is 1. The van der Waals surface area contributed by atoms with Gasteiger partial charge in [0.2, 0.25) is 0 Å². The van der Waals surface area contributed by atoms with Crippen LogP contribution in [-0.4, -0.2) is 32.0 Å². The lowest BCUT2D eigenvalue weighted by molar-refractivity contribution is 0.596. The van der Waals surface area contributed by atoms with Gasteiger partial charge in [-0.2, -0.15) is 0 Å². The third-order valence-corrected chi connectivity index (χ3v) is 5.08. The molecule has 0 atom stereocenters. The van der Waals surface area contributed by atoms with Gasteiger partial charge in [0, 0.05) is 48.6 Å². The van der Waals surface area contributed by atoms with Crippen LogP contribution < -0.4 is 16.0 Å². The summed E-state index contributed by atoms with van der Waals surface area (Å²) in [5.74, 6) is 0.152. The van der Waals surface area contributed by atoms with E-state index in [2.05, 4.69) is 27.3 Å². The standard InChI is InChI=1S/C18H22N4O2S/c1-25(23,24)9-7-20-10-14-2-4-16(5-3-14)22-8-6-15-11-21-12-18(19)17(15)13-22/h2-6,8,11-12,20H,7,9-10,13,19H2,1H3. The van der Waals surface area contributed by atoms with Gasteiger partial charge < -0.3 is 16.0 Å². The molecule has 1 aromatic carbocycles. The number of nitrogens with zero attached hydrogens (tertiary/aromatic N) is 2. The molecule has 0 spiro atoms. The second-order valence-corrected chi connectivity index (χ2v) is 8.47. The summed E-state index contributed by atoms with van der Waals surface area (Å²) in [4.78, 5) is 6.26. The van der Waals surface area contributed by atoms with Gasteiger partial charge in [-0.1, -0.05) is 12.1 Å². The van der Waals surface area contributed by atoms with Crippen LogP contribution in [0.1, 0.15) is 16.7 Å². The second-order valence-electron chi connectivity index (χ2n) is 6.21. The molecule has 0 aliphatic carbocycles. The number of rotatable bonds is 6. The number of nitrogens with one attached hydrogen (secondary N) is 1. The Hall–Kier alpha value is -2.38. The molecule has 0 saturated carbocycles. The van der Waals surface area contributed by atoms with Crippen molar-refractivity contribution in [1.29, 1.82) is 0 Å². The van der Waals surface area contributed by atoms with Gasteiger partial charge in [-0.25, -0.2) is 8.42 Å². The molecule has 3 rings (SSSR count). The van der Waals surface area contributed by atoms with E-state index in [0.717, 1.165) is 22.4 Å². The van der Waals surface area contributed by atoms with Gasteiger partial charge in [0.15, 0.2) is 0 Å². The summed E-state index contributed by atoms with van der Waals surface area (Å²) in [6, 6.07) is 8.20. The van der Waals surface area contributed by atoms with Gasteiger partial charge in [0.25, 0.3) is 0 Å². The zero-order chi connectivity index (χ0) is 17.9. The van der Waals surface area contributed by atoms with Crippen molar-refractivity contribution in [2.75, 3.05) is 29.2 Å². The first-order valence-corrected chi connectivity index (χ1v) is 10.1. The maximum atomic E-state index is 11.1. The average Bonchev–Trinajstić information content (AvgIpc) is 2.59. The Bertz CT molecular complexity index is 876. The molecule has 0 fully saturated rings. The number of benzene rings is 1. The van der Waals surface area contributed by atoms with E-state index >= 15 is 0 Å². The van der Waals surface area contributed by atoms with Gasteiger partial charge in [-0.3, -0.25) is 4.98 Å². The summed E-state index contributed by atoms with van der Waals surface area (Å²) in [7, 11) is -2.92. The number of hydrogen-bond donors (Lipinski definition) is 2. The fourth-order valence-electron chi connectivity index (χ4n) is 2.71. The molecule has 2 heterocycles. The van der Waals surface area contributed by atoms with Gasteiger partial charge >= 0.3 is 0 Å². The molecule has 1 aromatic heterocycles. The summed E-state index contributed by atoms with van der Waals surface area (Å²) < 4.78 is 22.2. The molecule has 6 nitrogen and oxygen atoms in total. The molecule has 0 amide bonds. The van der Waals surface area contributed by atoms with Gasteiger partial charge in [-0.05, 0) is 23.8 Å². The maximum absolute atomic E-state index is 11.1. The van der Waals surface area contributed by atoms with E-state index in [1.54, 1.807) is 6.20 Å². The Morgan fingerprint density at radius 1 is 1.24 bits per heavy atom. The number of fused-ring (bicyclic) bond motifs is 1. The van der Waals surface area contributed by atoms with Crippen LogP contribution >= 0.6 is 0 Å². The molecule has 0 bridgehead atoms. The number of anilines is 2. The van der Waals surface area contributed by atoms with E-state index in [1.165, 1.54) is 6.26 Å². The van der Waals surface area contributed by atoms with Crippen molar-refractivity contribution in [3.8, 4) is 0 Å². The van der Waals surface area contributed by atoms with E-state index in [0.29, 0.717) is 25.3 Å². The summed E-state index contributed by atoms with van der Waals surface area (Å²) in [5, 5.41) is 3.15. The third kappa shape index (κ3) is 4.58. The topological polar surface area (TPSA) is 88.3 Å². The Kier molecular flexibility index (Phi) is 5.06. The molecular weight excluding hydrogens is 336 g/mol. The van der Waals surface area contributed by atoms with E-state index in [9.17, 15) is 8.42 Å². The molecule has 0 unspecified atom stereocenters. The van der Waals surface area contributed by atoms with Crippen LogP contribution in [0.3, 0.4) is 0 Å². The first-order chi connectivity index (χ1) is 11.9. The van der Waals surface area contributed by atoms with Gasteiger partial charge in [0.05, 0.1) is 24.2 Å². The lowest BCUT2D eigenvalue weighted by atomic mass is 10.0. The number of hydrogen-bond acceptors (Lipinski definition) is 6. The summed E-state index contributed by atoms with van der Waals surface area (Å²) >= 11 is 0. The minimum Gasteiger partial charge on any atom is -0.397 e. The van der Waals surface area contributed by atoms with Gasteiger partial charge in [0.1, 0.15) is 9.84 Å². The smallest absolute Gasteiger partial charge is 0.148 e. The number of sulfone groups is 1. The van der Waals surface area contributed by atoms with E-state index in [1.807, 2.05) is 30.6 Å². The molecule has 7 heteroatoms. The molecule has 1 aliphatic heterocycles. The minimum absolute atomic E-state index is 0.152. The highest BCUT2D eigenvalue weighted by Gasteiger charge is 2.14. The van der Waals surface area contributed by atoms with Crippen LogP contribution in [0.25, 0.3) is 6.08 Å². The molecule has 2 aromatic rings. The van der Waals surface area contributed by atoms with Crippen LogP contribution in [0.15, 0.2) is 42.9 Å². The number of pyridine rings is 1. The summed E-state index contributed by atoms with van der Waals surface area (Å²) in [6.45, 7) is 1.82. The first kappa shape index (κ1) is 17.4. The molecule has 25 heavy (non-hydrogen) atoms. The quantitative estimate of drug-likeness (QED) is 0.766. The van der Waals surface area contributed by atoms with Gasteiger partial charge in [-0.15, -0.1) is 0 Å². The summed E-state index contributed by atoms with van der Waals surface area (Å²) in [5.41, 5.74) is 11.1. The molecule has 132 valence electrons.